The molecule has 5 rings (SSSR count). The second-order valence-corrected chi connectivity index (χ2v) is 9.17. The summed E-state index contributed by atoms with van der Waals surface area (Å²) in [5, 5.41) is 6.80. The molecular weight excluding hydrogens is 402 g/mol. The van der Waals surface area contributed by atoms with Crippen molar-refractivity contribution in [3.63, 3.8) is 0 Å². The highest BCUT2D eigenvalue weighted by atomic mass is 32.1. The predicted molar refractivity (Wildman–Crippen MR) is 132 cm³/mol. The van der Waals surface area contributed by atoms with Crippen LogP contribution in [-0.2, 0) is 0 Å². The van der Waals surface area contributed by atoms with E-state index >= 15 is 0 Å². The summed E-state index contributed by atoms with van der Waals surface area (Å²) in [6, 6.07) is 15.3. The molecule has 0 aliphatic carbocycles. The molecule has 6 heteroatoms. The van der Waals surface area contributed by atoms with Crippen LogP contribution in [0.25, 0.3) is 21.3 Å². The van der Waals surface area contributed by atoms with Gasteiger partial charge in [-0.25, -0.2) is 9.97 Å². The zero-order valence-corrected chi connectivity index (χ0v) is 19.0. The first-order chi connectivity index (χ1) is 15.1. The highest BCUT2D eigenvalue weighted by Crippen LogP contribution is 2.38. The zero-order chi connectivity index (χ0) is 21.4. The minimum absolute atomic E-state index is 0.854. The Balaban J connectivity index is 1.44. The third-order valence-corrected chi connectivity index (χ3v) is 7.07. The lowest BCUT2D eigenvalue weighted by Gasteiger charge is -2.34. The van der Waals surface area contributed by atoms with E-state index in [1.165, 1.54) is 27.9 Å². The number of aryl methyl sites for hydroxylation is 2. The van der Waals surface area contributed by atoms with Gasteiger partial charge in [0.05, 0.1) is 5.39 Å². The maximum atomic E-state index is 4.59. The van der Waals surface area contributed by atoms with Gasteiger partial charge < -0.3 is 15.1 Å². The van der Waals surface area contributed by atoms with Gasteiger partial charge in [0, 0.05) is 48.5 Å². The summed E-state index contributed by atoms with van der Waals surface area (Å²) >= 11 is 1.66. The molecule has 3 heterocycles. The first-order valence-electron chi connectivity index (χ1n) is 10.7. The van der Waals surface area contributed by atoms with E-state index in [9.17, 15) is 0 Å². The van der Waals surface area contributed by atoms with Gasteiger partial charge in [-0.15, -0.1) is 11.3 Å². The highest BCUT2D eigenvalue weighted by molar-refractivity contribution is 7.17. The van der Waals surface area contributed by atoms with E-state index in [0.717, 1.165) is 47.9 Å². The number of hydrogen-bond acceptors (Lipinski definition) is 6. The molecule has 2 aromatic carbocycles. The average Bonchev–Trinajstić information content (AvgIpc) is 3.22. The SMILES string of the molecule is Cc1ccc(-c2csc3ncnc(Nc4ccc(N5CCN(C)CC5)cc4)c23)cc1C. The van der Waals surface area contributed by atoms with Crippen molar-refractivity contribution < 1.29 is 0 Å². The fraction of sp³-hybridized carbons (Fsp3) is 0.280. The first kappa shape index (κ1) is 20.0. The number of nitrogens with one attached hydrogen (secondary N) is 1. The molecule has 4 aromatic rings. The monoisotopic (exact) mass is 429 g/mol. The number of anilines is 3. The minimum atomic E-state index is 0.854. The number of aromatic nitrogens is 2. The van der Waals surface area contributed by atoms with Crippen LogP contribution in [-0.4, -0.2) is 48.1 Å². The normalized spacial score (nSPS) is 14.9. The molecule has 31 heavy (non-hydrogen) atoms. The summed E-state index contributed by atoms with van der Waals surface area (Å²) in [6.07, 6.45) is 1.64. The lowest BCUT2D eigenvalue weighted by molar-refractivity contribution is 0.313. The van der Waals surface area contributed by atoms with Crippen molar-refractivity contribution in [3.8, 4) is 11.1 Å². The number of fused-ring (bicyclic) bond motifs is 1. The fourth-order valence-corrected chi connectivity index (χ4v) is 4.96. The van der Waals surface area contributed by atoms with Crippen molar-refractivity contribution in [1.29, 1.82) is 0 Å². The molecular formula is C25H27N5S. The molecule has 1 saturated heterocycles. The molecule has 158 valence electrons. The van der Waals surface area contributed by atoms with Gasteiger partial charge in [-0.05, 0) is 61.9 Å². The van der Waals surface area contributed by atoms with Crippen LogP contribution < -0.4 is 10.2 Å². The van der Waals surface area contributed by atoms with Gasteiger partial charge in [0.1, 0.15) is 17.0 Å². The summed E-state index contributed by atoms with van der Waals surface area (Å²) in [6.45, 7) is 8.67. The summed E-state index contributed by atoms with van der Waals surface area (Å²) in [4.78, 5) is 14.9. The van der Waals surface area contributed by atoms with Gasteiger partial charge in [-0.2, -0.15) is 0 Å². The number of nitrogens with zero attached hydrogens (tertiary/aromatic N) is 4. The molecule has 2 aromatic heterocycles. The van der Waals surface area contributed by atoms with Crippen LogP contribution in [0.2, 0.25) is 0 Å². The Labute approximate surface area is 187 Å². The van der Waals surface area contributed by atoms with Crippen molar-refractivity contribution in [2.45, 2.75) is 13.8 Å². The Morgan fingerprint density at radius 2 is 1.68 bits per heavy atom. The molecule has 0 amide bonds. The molecule has 1 aliphatic rings. The number of rotatable bonds is 4. The van der Waals surface area contributed by atoms with Crippen molar-refractivity contribution >= 4 is 38.7 Å². The van der Waals surface area contributed by atoms with E-state index in [1.807, 2.05) is 0 Å². The Hall–Kier alpha value is -2.96. The number of thiophene rings is 1. The standard InChI is InChI=1S/C25H27N5S/c1-17-4-5-19(14-18(17)2)22-15-31-25-23(22)24(26-16-27-25)28-20-6-8-21(9-7-20)30-12-10-29(3)11-13-30/h4-9,14-16H,10-13H2,1-3H3,(H,26,27,28). The van der Waals surface area contributed by atoms with Gasteiger partial charge in [0.25, 0.3) is 0 Å². The fourth-order valence-electron chi connectivity index (χ4n) is 4.05. The van der Waals surface area contributed by atoms with Gasteiger partial charge in [0.2, 0.25) is 0 Å². The molecule has 0 bridgehead atoms. The van der Waals surface area contributed by atoms with Gasteiger partial charge >= 0.3 is 0 Å². The van der Waals surface area contributed by atoms with Gasteiger partial charge in [-0.3, -0.25) is 0 Å². The molecule has 0 atom stereocenters. The Bertz CT molecular complexity index is 1210. The van der Waals surface area contributed by atoms with E-state index < -0.39 is 0 Å². The summed E-state index contributed by atoms with van der Waals surface area (Å²) < 4.78 is 0. The predicted octanol–water partition coefficient (Wildman–Crippen LogP) is 5.47. The van der Waals surface area contributed by atoms with E-state index in [1.54, 1.807) is 17.7 Å². The first-order valence-corrected chi connectivity index (χ1v) is 11.6. The van der Waals surface area contributed by atoms with Gasteiger partial charge in [-0.1, -0.05) is 18.2 Å². The molecule has 0 unspecified atom stereocenters. The van der Waals surface area contributed by atoms with E-state index in [4.69, 9.17) is 0 Å². The van der Waals surface area contributed by atoms with Crippen LogP contribution in [0.1, 0.15) is 11.1 Å². The summed E-state index contributed by atoms with van der Waals surface area (Å²) in [5.41, 5.74) is 7.30. The van der Waals surface area contributed by atoms with Crippen LogP contribution >= 0.6 is 11.3 Å². The zero-order valence-electron chi connectivity index (χ0n) is 18.2. The molecule has 0 spiro atoms. The van der Waals surface area contributed by atoms with Gasteiger partial charge in [0.15, 0.2) is 0 Å². The quantitative estimate of drug-likeness (QED) is 0.466. The second-order valence-electron chi connectivity index (χ2n) is 8.31. The Morgan fingerprint density at radius 1 is 0.903 bits per heavy atom. The summed E-state index contributed by atoms with van der Waals surface area (Å²) in [5.74, 6) is 0.854. The van der Waals surface area contributed by atoms with Crippen LogP contribution in [0, 0.1) is 13.8 Å². The smallest absolute Gasteiger partial charge is 0.143 e. The molecule has 0 saturated carbocycles. The van der Waals surface area contributed by atoms with Crippen molar-refractivity contribution in [2.24, 2.45) is 0 Å². The largest absolute Gasteiger partial charge is 0.369 e. The Kier molecular flexibility index (Phi) is 5.34. The van der Waals surface area contributed by atoms with Crippen LogP contribution in [0.4, 0.5) is 17.2 Å². The molecule has 0 radical (unpaired) electrons. The maximum Gasteiger partial charge on any atom is 0.143 e. The van der Waals surface area contributed by atoms with Crippen molar-refractivity contribution in [3.05, 3.63) is 65.3 Å². The highest BCUT2D eigenvalue weighted by Gasteiger charge is 2.16. The molecule has 1 aliphatic heterocycles. The second kappa shape index (κ2) is 8.29. The molecule has 1 N–H and O–H groups in total. The Morgan fingerprint density at radius 3 is 2.42 bits per heavy atom. The summed E-state index contributed by atoms with van der Waals surface area (Å²) in [7, 11) is 2.18. The van der Waals surface area contributed by atoms with E-state index in [-0.39, 0.29) is 0 Å². The van der Waals surface area contributed by atoms with Crippen LogP contribution in [0.15, 0.2) is 54.2 Å². The lowest BCUT2D eigenvalue weighted by atomic mass is 10.0. The molecule has 1 fully saturated rings. The topological polar surface area (TPSA) is 44.3 Å². The minimum Gasteiger partial charge on any atom is -0.369 e. The van der Waals surface area contributed by atoms with Crippen molar-refractivity contribution in [1.82, 2.24) is 14.9 Å². The van der Waals surface area contributed by atoms with E-state index in [0.29, 0.717) is 0 Å². The number of benzene rings is 2. The third-order valence-electron chi connectivity index (χ3n) is 6.19. The lowest BCUT2D eigenvalue weighted by Crippen LogP contribution is -2.44. The van der Waals surface area contributed by atoms with E-state index in [2.05, 4.69) is 93.8 Å². The number of hydrogen-bond donors (Lipinski definition) is 1. The average molecular weight is 430 g/mol. The van der Waals surface area contributed by atoms with Crippen LogP contribution in [0.3, 0.4) is 0 Å². The number of likely N-dealkylation sites (N-methyl/N-ethyl adjacent to an activating group) is 1. The van der Waals surface area contributed by atoms with Crippen LogP contribution in [0.5, 0.6) is 0 Å². The maximum absolute atomic E-state index is 4.59. The number of piperazine rings is 1. The third kappa shape index (κ3) is 4.01. The molecule has 5 nitrogen and oxygen atoms in total. The van der Waals surface area contributed by atoms with Crippen molar-refractivity contribution in [2.75, 3.05) is 43.4 Å².